The van der Waals surface area contributed by atoms with E-state index in [1.54, 1.807) is 0 Å². The van der Waals surface area contributed by atoms with Gasteiger partial charge in [0.1, 0.15) is 12.2 Å². The molecular weight excluding hydrogens is 209 g/mol. The molecule has 0 spiro atoms. The molecule has 0 aromatic carbocycles. The topological polar surface area (TPSA) is 38.1 Å². The van der Waals surface area contributed by atoms with E-state index in [-0.39, 0.29) is 5.76 Å². The van der Waals surface area contributed by atoms with Crippen LogP contribution >= 0.6 is 0 Å². The third kappa shape index (κ3) is 4.33. The smallest absolute Gasteiger partial charge is 0.396 e. The second-order valence-electron chi connectivity index (χ2n) is 3.19. The van der Waals surface area contributed by atoms with Crippen molar-refractivity contribution in [2.75, 3.05) is 6.54 Å². The normalized spacial score (nSPS) is 12.0. The number of halogens is 3. The van der Waals surface area contributed by atoms with Crippen molar-refractivity contribution in [3.8, 4) is 0 Å². The molecule has 0 aliphatic carbocycles. The predicted molar refractivity (Wildman–Crippen MR) is 48.3 cm³/mol. The fraction of sp³-hybridized carbons (Fsp3) is 0.667. The molecule has 0 fully saturated rings. The third-order valence-electron chi connectivity index (χ3n) is 1.81. The quantitative estimate of drug-likeness (QED) is 0.777. The van der Waals surface area contributed by atoms with Gasteiger partial charge in [0.15, 0.2) is 6.39 Å². The minimum absolute atomic E-state index is 0.105. The molecule has 0 radical (unpaired) electrons. The highest BCUT2D eigenvalue weighted by molar-refractivity contribution is 5.08. The van der Waals surface area contributed by atoms with Crippen LogP contribution in [-0.2, 0) is 13.0 Å². The summed E-state index contributed by atoms with van der Waals surface area (Å²) in [5.41, 5.74) is 0.334. The predicted octanol–water partition coefficient (Wildman–Crippen LogP) is 2.28. The molecule has 0 aliphatic rings. The zero-order valence-electron chi connectivity index (χ0n) is 8.40. The third-order valence-corrected chi connectivity index (χ3v) is 1.81. The molecular formula is C9H13F3N2O. The molecule has 6 heteroatoms. The summed E-state index contributed by atoms with van der Waals surface area (Å²) in [6.07, 6.45) is -3.34. The second-order valence-corrected chi connectivity index (χ2v) is 3.19. The molecule has 0 atom stereocenters. The lowest BCUT2D eigenvalue weighted by Gasteiger charge is -2.05. The van der Waals surface area contributed by atoms with Gasteiger partial charge in [-0.05, 0) is 13.0 Å². The Balaban J connectivity index is 2.53. The minimum Gasteiger partial charge on any atom is -0.448 e. The van der Waals surface area contributed by atoms with Crippen LogP contribution in [0.4, 0.5) is 13.2 Å². The molecule has 0 aliphatic heterocycles. The number of aromatic nitrogens is 1. The number of rotatable bonds is 5. The summed E-state index contributed by atoms with van der Waals surface area (Å²) in [5, 5.41) is 2.97. The first kappa shape index (κ1) is 12.0. The van der Waals surface area contributed by atoms with E-state index in [0.717, 1.165) is 19.4 Å². The van der Waals surface area contributed by atoms with Crippen molar-refractivity contribution in [2.45, 2.75) is 32.5 Å². The zero-order chi connectivity index (χ0) is 11.3. The maximum absolute atomic E-state index is 12.1. The van der Waals surface area contributed by atoms with E-state index >= 15 is 0 Å². The first-order valence-electron chi connectivity index (χ1n) is 4.71. The average Bonchev–Trinajstić information content (AvgIpc) is 2.50. The van der Waals surface area contributed by atoms with Crippen LogP contribution in [-0.4, -0.2) is 17.7 Å². The Morgan fingerprint density at radius 3 is 2.80 bits per heavy atom. The molecule has 3 nitrogen and oxygen atoms in total. The van der Waals surface area contributed by atoms with Crippen molar-refractivity contribution >= 4 is 0 Å². The fourth-order valence-corrected chi connectivity index (χ4v) is 1.15. The van der Waals surface area contributed by atoms with Crippen LogP contribution in [0.2, 0.25) is 0 Å². The molecule has 1 heterocycles. The van der Waals surface area contributed by atoms with Gasteiger partial charge < -0.3 is 9.73 Å². The van der Waals surface area contributed by atoms with Crippen LogP contribution in [0, 0.1) is 0 Å². The summed E-state index contributed by atoms with van der Waals surface area (Å²) in [5.74, 6) is -0.105. The summed E-state index contributed by atoms with van der Waals surface area (Å²) < 4.78 is 40.9. The Morgan fingerprint density at radius 2 is 2.20 bits per heavy atom. The molecule has 0 bridgehead atoms. The summed E-state index contributed by atoms with van der Waals surface area (Å²) in [7, 11) is 0. The first-order chi connectivity index (χ1) is 7.03. The molecule has 1 aromatic heterocycles. The molecule has 0 unspecified atom stereocenters. The summed E-state index contributed by atoms with van der Waals surface area (Å²) in [6, 6.07) is 0. The Morgan fingerprint density at radius 1 is 1.47 bits per heavy atom. The SMILES string of the molecule is CCCNCc1ncoc1CC(F)(F)F. The van der Waals surface area contributed by atoms with Gasteiger partial charge in [-0.3, -0.25) is 0 Å². The monoisotopic (exact) mass is 222 g/mol. The molecule has 15 heavy (non-hydrogen) atoms. The number of hydrogen-bond donors (Lipinski definition) is 1. The van der Waals surface area contributed by atoms with Gasteiger partial charge in [-0.1, -0.05) is 6.92 Å². The molecule has 86 valence electrons. The van der Waals surface area contributed by atoms with Gasteiger partial charge in [-0.25, -0.2) is 4.98 Å². The molecule has 0 saturated carbocycles. The minimum atomic E-state index is -4.25. The summed E-state index contributed by atoms with van der Waals surface area (Å²) in [4.78, 5) is 3.74. The molecule has 1 aromatic rings. The highest BCUT2D eigenvalue weighted by atomic mass is 19.4. The molecule has 1 N–H and O–H groups in total. The lowest BCUT2D eigenvalue weighted by Crippen LogP contribution is -2.17. The van der Waals surface area contributed by atoms with Crippen LogP contribution in [0.3, 0.4) is 0 Å². The average molecular weight is 222 g/mol. The Kier molecular flexibility index (Phi) is 4.14. The molecule has 0 saturated heterocycles. The van der Waals surface area contributed by atoms with E-state index < -0.39 is 12.6 Å². The lowest BCUT2D eigenvalue weighted by atomic mass is 10.2. The van der Waals surface area contributed by atoms with Crippen molar-refractivity contribution in [1.82, 2.24) is 10.3 Å². The Labute approximate surface area is 85.7 Å². The van der Waals surface area contributed by atoms with E-state index in [9.17, 15) is 13.2 Å². The molecule has 0 amide bonds. The second kappa shape index (κ2) is 5.16. The zero-order valence-corrected chi connectivity index (χ0v) is 8.40. The number of alkyl halides is 3. The van der Waals surface area contributed by atoms with Crippen LogP contribution < -0.4 is 5.32 Å². The van der Waals surface area contributed by atoms with Gasteiger partial charge in [-0.15, -0.1) is 0 Å². The van der Waals surface area contributed by atoms with Crippen LogP contribution in [0.25, 0.3) is 0 Å². The van der Waals surface area contributed by atoms with Gasteiger partial charge >= 0.3 is 6.18 Å². The number of nitrogens with one attached hydrogen (secondary N) is 1. The van der Waals surface area contributed by atoms with E-state index in [1.807, 2.05) is 6.92 Å². The van der Waals surface area contributed by atoms with Crippen LogP contribution in [0.15, 0.2) is 10.8 Å². The van der Waals surface area contributed by atoms with Crippen molar-refractivity contribution in [2.24, 2.45) is 0 Å². The van der Waals surface area contributed by atoms with Crippen LogP contribution in [0.5, 0.6) is 0 Å². The van der Waals surface area contributed by atoms with Gasteiger partial charge in [0.05, 0.1) is 5.69 Å². The van der Waals surface area contributed by atoms with Crippen LogP contribution in [0.1, 0.15) is 24.8 Å². The van der Waals surface area contributed by atoms with Gasteiger partial charge in [-0.2, -0.15) is 13.2 Å². The van der Waals surface area contributed by atoms with Gasteiger partial charge in [0, 0.05) is 6.54 Å². The van der Waals surface area contributed by atoms with E-state index in [2.05, 4.69) is 10.3 Å². The summed E-state index contributed by atoms with van der Waals surface area (Å²) in [6.45, 7) is 3.04. The Bertz CT molecular complexity index is 296. The number of oxazole rings is 1. The van der Waals surface area contributed by atoms with Crippen molar-refractivity contribution in [1.29, 1.82) is 0 Å². The largest absolute Gasteiger partial charge is 0.448 e. The Hall–Kier alpha value is -1.04. The standard InChI is InChI=1S/C9H13F3N2O/c1-2-3-13-5-7-8(15-6-14-7)4-9(10,11)12/h6,13H,2-5H2,1H3. The van der Waals surface area contributed by atoms with Gasteiger partial charge in [0.25, 0.3) is 0 Å². The van der Waals surface area contributed by atoms with Gasteiger partial charge in [0.2, 0.25) is 0 Å². The maximum Gasteiger partial charge on any atom is 0.396 e. The molecule has 1 rings (SSSR count). The van der Waals surface area contributed by atoms with E-state index in [4.69, 9.17) is 4.42 Å². The first-order valence-corrected chi connectivity index (χ1v) is 4.71. The lowest BCUT2D eigenvalue weighted by molar-refractivity contribution is -0.130. The maximum atomic E-state index is 12.1. The summed E-state index contributed by atoms with van der Waals surface area (Å²) >= 11 is 0. The highest BCUT2D eigenvalue weighted by Gasteiger charge is 2.31. The van der Waals surface area contributed by atoms with E-state index in [1.165, 1.54) is 0 Å². The fourth-order valence-electron chi connectivity index (χ4n) is 1.15. The number of nitrogens with zero attached hydrogens (tertiary/aromatic N) is 1. The van der Waals surface area contributed by atoms with Crippen molar-refractivity contribution < 1.29 is 17.6 Å². The number of hydrogen-bond acceptors (Lipinski definition) is 3. The van der Waals surface area contributed by atoms with E-state index in [0.29, 0.717) is 12.2 Å². The highest BCUT2D eigenvalue weighted by Crippen LogP contribution is 2.22. The van der Waals surface area contributed by atoms with Crippen molar-refractivity contribution in [3.05, 3.63) is 17.8 Å². The van der Waals surface area contributed by atoms with Crippen molar-refractivity contribution in [3.63, 3.8) is 0 Å².